The van der Waals surface area contributed by atoms with Crippen LogP contribution >= 0.6 is 0 Å². The van der Waals surface area contributed by atoms with Crippen LogP contribution in [0.5, 0.6) is 0 Å². The van der Waals surface area contributed by atoms with Gasteiger partial charge in [-0.15, -0.1) is 0 Å². The SMILES string of the molecule is COC(=O)C(CC(C)C)NCC(=O)N1CCCCC1C. The number of carbonyl (C=O) groups is 2. The summed E-state index contributed by atoms with van der Waals surface area (Å²) in [6.07, 6.45) is 4.01. The first-order valence-electron chi connectivity index (χ1n) is 7.56. The summed E-state index contributed by atoms with van der Waals surface area (Å²) in [7, 11) is 1.38. The van der Waals surface area contributed by atoms with Crippen LogP contribution in [0.15, 0.2) is 0 Å². The van der Waals surface area contributed by atoms with Crippen LogP contribution in [0.4, 0.5) is 0 Å². The molecule has 20 heavy (non-hydrogen) atoms. The zero-order chi connectivity index (χ0) is 15.1. The maximum absolute atomic E-state index is 12.2. The molecule has 0 aromatic carbocycles. The molecule has 0 aliphatic carbocycles. The minimum Gasteiger partial charge on any atom is -0.468 e. The van der Waals surface area contributed by atoms with Crippen molar-refractivity contribution in [2.45, 2.75) is 58.5 Å². The molecule has 1 aliphatic rings. The van der Waals surface area contributed by atoms with Gasteiger partial charge in [0.25, 0.3) is 0 Å². The van der Waals surface area contributed by atoms with Crippen molar-refractivity contribution >= 4 is 11.9 Å². The third kappa shape index (κ3) is 5.12. The Morgan fingerprint density at radius 2 is 2.05 bits per heavy atom. The quantitative estimate of drug-likeness (QED) is 0.752. The first kappa shape index (κ1) is 17.0. The number of ether oxygens (including phenoxy) is 1. The number of nitrogens with zero attached hydrogens (tertiary/aromatic N) is 1. The molecular formula is C15H28N2O3. The van der Waals surface area contributed by atoms with E-state index in [0.29, 0.717) is 18.4 Å². The van der Waals surface area contributed by atoms with E-state index in [1.807, 2.05) is 18.7 Å². The Morgan fingerprint density at radius 3 is 2.60 bits per heavy atom. The fourth-order valence-corrected chi connectivity index (χ4v) is 2.66. The molecule has 0 bridgehead atoms. The largest absolute Gasteiger partial charge is 0.468 e. The topological polar surface area (TPSA) is 58.6 Å². The van der Waals surface area contributed by atoms with E-state index in [-0.39, 0.29) is 18.4 Å². The summed E-state index contributed by atoms with van der Waals surface area (Å²) >= 11 is 0. The van der Waals surface area contributed by atoms with Crippen LogP contribution in [-0.4, -0.2) is 49.1 Å². The molecule has 0 saturated carbocycles. The fraction of sp³-hybridized carbons (Fsp3) is 0.867. The lowest BCUT2D eigenvalue weighted by Gasteiger charge is -2.34. The van der Waals surface area contributed by atoms with E-state index >= 15 is 0 Å². The summed E-state index contributed by atoms with van der Waals surface area (Å²) in [4.78, 5) is 25.8. The van der Waals surface area contributed by atoms with Crippen molar-refractivity contribution in [3.05, 3.63) is 0 Å². The van der Waals surface area contributed by atoms with Crippen LogP contribution in [0.3, 0.4) is 0 Å². The number of amides is 1. The smallest absolute Gasteiger partial charge is 0.322 e. The lowest BCUT2D eigenvalue weighted by Crippen LogP contribution is -2.49. The van der Waals surface area contributed by atoms with Crippen molar-refractivity contribution in [2.24, 2.45) is 5.92 Å². The third-order valence-electron chi connectivity index (χ3n) is 3.82. The van der Waals surface area contributed by atoms with Crippen LogP contribution in [0.1, 0.15) is 46.5 Å². The summed E-state index contributed by atoms with van der Waals surface area (Å²) in [6, 6.07) is -0.0937. The number of piperidine rings is 1. The van der Waals surface area contributed by atoms with Crippen LogP contribution < -0.4 is 5.32 Å². The van der Waals surface area contributed by atoms with Crippen molar-refractivity contribution < 1.29 is 14.3 Å². The first-order valence-corrected chi connectivity index (χ1v) is 7.56. The predicted molar refractivity (Wildman–Crippen MR) is 78.3 cm³/mol. The zero-order valence-corrected chi connectivity index (χ0v) is 13.1. The molecule has 0 aromatic rings. The van der Waals surface area contributed by atoms with Gasteiger partial charge in [-0.2, -0.15) is 0 Å². The molecule has 1 aliphatic heterocycles. The number of hydrogen-bond donors (Lipinski definition) is 1. The standard InChI is InChI=1S/C15H28N2O3/c1-11(2)9-13(15(19)20-4)16-10-14(18)17-8-6-5-7-12(17)3/h11-13,16H,5-10H2,1-4H3. The Kier molecular flexibility index (Phi) is 6.99. The average molecular weight is 284 g/mol. The van der Waals surface area contributed by atoms with Gasteiger partial charge in [-0.25, -0.2) is 0 Å². The highest BCUT2D eigenvalue weighted by atomic mass is 16.5. The van der Waals surface area contributed by atoms with Gasteiger partial charge in [0.15, 0.2) is 0 Å². The van der Waals surface area contributed by atoms with E-state index in [9.17, 15) is 9.59 Å². The summed E-state index contributed by atoms with van der Waals surface area (Å²) in [6.45, 7) is 7.22. The zero-order valence-electron chi connectivity index (χ0n) is 13.1. The number of carbonyl (C=O) groups excluding carboxylic acids is 2. The van der Waals surface area contributed by atoms with Crippen LogP contribution in [0.25, 0.3) is 0 Å². The van der Waals surface area contributed by atoms with Gasteiger partial charge < -0.3 is 9.64 Å². The fourth-order valence-electron chi connectivity index (χ4n) is 2.66. The Labute approximate surface area is 122 Å². The number of hydrogen-bond acceptors (Lipinski definition) is 4. The summed E-state index contributed by atoms with van der Waals surface area (Å²) in [5.74, 6) is 0.156. The number of methoxy groups -OCH3 is 1. The molecule has 5 nitrogen and oxygen atoms in total. The van der Waals surface area contributed by atoms with E-state index in [4.69, 9.17) is 4.74 Å². The maximum Gasteiger partial charge on any atom is 0.322 e. The molecular weight excluding hydrogens is 256 g/mol. The number of likely N-dealkylation sites (tertiary alicyclic amines) is 1. The van der Waals surface area contributed by atoms with E-state index in [0.717, 1.165) is 19.4 Å². The number of nitrogens with one attached hydrogen (secondary N) is 1. The molecule has 1 rings (SSSR count). The number of rotatable bonds is 6. The molecule has 2 atom stereocenters. The molecule has 1 heterocycles. The van der Waals surface area contributed by atoms with Crippen molar-refractivity contribution in [1.29, 1.82) is 0 Å². The molecule has 0 spiro atoms. The molecule has 0 aromatic heterocycles. The van der Waals surface area contributed by atoms with Crippen molar-refractivity contribution in [2.75, 3.05) is 20.2 Å². The summed E-state index contributed by atoms with van der Waals surface area (Å²) in [5, 5.41) is 3.05. The molecule has 1 fully saturated rings. The van der Waals surface area contributed by atoms with Crippen LogP contribution in [0.2, 0.25) is 0 Å². The second-order valence-corrected chi connectivity index (χ2v) is 6.02. The highest BCUT2D eigenvalue weighted by Gasteiger charge is 2.25. The van der Waals surface area contributed by atoms with E-state index in [1.54, 1.807) is 0 Å². The molecule has 1 amide bonds. The van der Waals surface area contributed by atoms with E-state index in [1.165, 1.54) is 13.5 Å². The van der Waals surface area contributed by atoms with Gasteiger partial charge in [0.2, 0.25) is 5.91 Å². The van der Waals surface area contributed by atoms with Crippen LogP contribution in [-0.2, 0) is 14.3 Å². The van der Waals surface area contributed by atoms with E-state index < -0.39 is 6.04 Å². The molecule has 2 unspecified atom stereocenters. The van der Waals surface area contributed by atoms with Crippen LogP contribution in [0, 0.1) is 5.92 Å². The van der Waals surface area contributed by atoms with E-state index in [2.05, 4.69) is 12.2 Å². The van der Waals surface area contributed by atoms with Gasteiger partial charge in [0.1, 0.15) is 6.04 Å². The highest BCUT2D eigenvalue weighted by molar-refractivity contribution is 5.80. The lowest BCUT2D eigenvalue weighted by atomic mass is 10.0. The minimum atomic E-state index is -0.399. The summed E-state index contributed by atoms with van der Waals surface area (Å²) < 4.78 is 4.79. The van der Waals surface area contributed by atoms with Gasteiger partial charge in [-0.1, -0.05) is 13.8 Å². The molecule has 5 heteroatoms. The maximum atomic E-state index is 12.2. The first-order chi connectivity index (χ1) is 9.45. The Morgan fingerprint density at radius 1 is 1.35 bits per heavy atom. The Balaban J connectivity index is 2.49. The average Bonchev–Trinajstić information content (AvgIpc) is 2.42. The number of esters is 1. The highest BCUT2D eigenvalue weighted by Crippen LogP contribution is 2.16. The Bertz CT molecular complexity index is 331. The third-order valence-corrected chi connectivity index (χ3v) is 3.82. The lowest BCUT2D eigenvalue weighted by molar-refractivity contribution is -0.144. The monoisotopic (exact) mass is 284 g/mol. The van der Waals surface area contributed by atoms with Crippen molar-refractivity contribution in [1.82, 2.24) is 10.2 Å². The van der Waals surface area contributed by atoms with Crippen molar-refractivity contribution in [3.8, 4) is 0 Å². The van der Waals surface area contributed by atoms with Gasteiger partial charge in [0, 0.05) is 12.6 Å². The minimum absolute atomic E-state index is 0.0786. The molecule has 1 N–H and O–H groups in total. The second kappa shape index (κ2) is 8.25. The molecule has 0 radical (unpaired) electrons. The summed E-state index contributed by atoms with van der Waals surface area (Å²) in [5.41, 5.74) is 0. The van der Waals surface area contributed by atoms with Crippen molar-refractivity contribution in [3.63, 3.8) is 0 Å². The molecule has 116 valence electrons. The Hall–Kier alpha value is -1.10. The van der Waals surface area contributed by atoms with Gasteiger partial charge >= 0.3 is 5.97 Å². The normalized spacial score (nSPS) is 20.9. The van der Waals surface area contributed by atoms with Gasteiger partial charge in [-0.05, 0) is 38.5 Å². The molecule has 1 saturated heterocycles. The van der Waals surface area contributed by atoms with Gasteiger partial charge in [-0.3, -0.25) is 14.9 Å². The second-order valence-electron chi connectivity index (χ2n) is 6.02. The van der Waals surface area contributed by atoms with Gasteiger partial charge in [0.05, 0.1) is 13.7 Å². The predicted octanol–water partition coefficient (Wildman–Crippen LogP) is 1.56.